The third-order valence-corrected chi connectivity index (χ3v) is 15.5. The number of hydrogen-bond acceptors (Lipinski definition) is 4. The topological polar surface area (TPSA) is 63.6 Å². The van der Waals surface area contributed by atoms with E-state index in [1.165, 1.54) is 30.4 Å². The van der Waals surface area contributed by atoms with Crippen LogP contribution in [0.5, 0.6) is 5.75 Å². The summed E-state index contributed by atoms with van der Waals surface area (Å²) in [6, 6.07) is 5.95. The maximum Gasteiger partial charge on any atom is 0.453 e. The minimum atomic E-state index is -5.56. The molecule has 0 aliphatic heterocycles. The second-order valence-corrected chi connectivity index (χ2v) is 20.3. The normalized spacial score (nSPS) is 24.6. The molecule has 1 aromatic rings. The number of phenols is 1. The van der Waals surface area contributed by atoms with Crippen molar-refractivity contribution in [1.29, 1.82) is 0 Å². The van der Waals surface area contributed by atoms with E-state index in [1.54, 1.807) is 0 Å². The quantitative estimate of drug-likeness (QED) is 0.0377. The van der Waals surface area contributed by atoms with Gasteiger partial charge in [-0.05, 0) is 156 Å². The van der Waals surface area contributed by atoms with Crippen LogP contribution in [0, 0.1) is 23.2 Å². The molecule has 2 fully saturated rings. The molecule has 0 aromatic heterocycles. The minimum absolute atomic E-state index is 0.0332. The molecule has 62 heavy (non-hydrogen) atoms. The van der Waals surface area contributed by atoms with E-state index in [9.17, 15) is 36.1 Å². The number of carbonyl (C=O) groups is 1. The summed E-state index contributed by atoms with van der Waals surface area (Å²) in [5, 5.41) is 10.4. The lowest BCUT2D eigenvalue weighted by Gasteiger charge is -2.53. The zero-order valence-electron chi connectivity index (χ0n) is 37.8. The van der Waals surface area contributed by atoms with Crippen LogP contribution >= 0.6 is 0 Å². The van der Waals surface area contributed by atoms with Crippen molar-refractivity contribution < 1.29 is 40.8 Å². The number of carbonyl (C=O) groups excluding carboxylic acids is 1. The van der Waals surface area contributed by atoms with E-state index < -0.39 is 35.7 Å². The monoisotopic (exact) mass is 893 g/mol. The van der Waals surface area contributed by atoms with Crippen LogP contribution in [0.25, 0.3) is 0 Å². The van der Waals surface area contributed by atoms with E-state index in [0.717, 1.165) is 116 Å². The predicted octanol–water partition coefficient (Wildman–Crippen LogP) is 15.4. The molecule has 0 radical (unpaired) electrons. The molecule has 1 aromatic carbocycles. The Bertz CT molecular complexity index is 1620. The van der Waals surface area contributed by atoms with Gasteiger partial charge in [-0.25, -0.2) is 0 Å². The van der Waals surface area contributed by atoms with Crippen molar-refractivity contribution in [1.82, 2.24) is 0 Å². The highest BCUT2D eigenvalue weighted by atomic mass is 32.2. The number of hydrogen-bond donors (Lipinski definition) is 1. The Morgan fingerprint density at radius 3 is 2.08 bits per heavy atom. The number of rotatable bonds is 29. The number of benzene rings is 1. The number of aromatic hydroxyl groups is 1. The Morgan fingerprint density at radius 2 is 1.40 bits per heavy atom. The van der Waals surface area contributed by atoms with Gasteiger partial charge in [0.15, 0.2) is 0 Å². The average molecular weight is 893 g/mol. The molecule has 7 atom stereocenters. The van der Waals surface area contributed by atoms with E-state index in [-0.39, 0.29) is 23.2 Å². The predicted molar refractivity (Wildman–Crippen MR) is 245 cm³/mol. The summed E-state index contributed by atoms with van der Waals surface area (Å²) < 4.78 is 81.7. The van der Waals surface area contributed by atoms with Crippen molar-refractivity contribution in [2.75, 3.05) is 11.5 Å². The number of ether oxygens (including phenoxy) is 1. The van der Waals surface area contributed by atoms with Crippen LogP contribution in [-0.4, -0.2) is 45.0 Å². The van der Waals surface area contributed by atoms with Crippen LogP contribution in [0.15, 0.2) is 66.8 Å². The Kier molecular flexibility index (Phi) is 22.5. The summed E-state index contributed by atoms with van der Waals surface area (Å²) in [7, 11) is -1.38. The Hall–Kier alpha value is -2.75. The summed E-state index contributed by atoms with van der Waals surface area (Å²) in [6.45, 7) is 4.55. The van der Waals surface area contributed by atoms with E-state index >= 15 is 0 Å². The van der Waals surface area contributed by atoms with Gasteiger partial charge in [0.2, 0.25) is 0 Å². The molecule has 3 aliphatic carbocycles. The first-order valence-corrected chi connectivity index (χ1v) is 25.7. The fraction of sp³-hybridized carbons (Fsp3) is 0.712. The number of esters is 1. The lowest BCUT2D eigenvalue weighted by atomic mass is 9.52. The van der Waals surface area contributed by atoms with Crippen molar-refractivity contribution in [3.8, 4) is 5.75 Å². The van der Waals surface area contributed by atoms with Gasteiger partial charge in [0.05, 0.1) is 0 Å². The molecule has 2 saturated carbocycles. The van der Waals surface area contributed by atoms with E-state index in [2.05, 4.69) is 68.5 Å². The third kappa shape index (κ3) is 16.7. The van der Waals surface area contributed by atoms with Gasteiger partial charge in [-0.15, -0.1) is 0 Å². The number of phenolic OH excluding ortho intramolecular Hbond substituents is 1. The summed E-state index contributed by atoms with van der Waals surface area (Å²) >= 11 is 0. The number of alkyl halides is 5. The van der Waals surface area contributed by atoms with Gasteiger partial charge in [-0.3, -0.25) is 9.00 Å². The Morgan fingerprint density at radius 1 is 0.790 bits per heavy atom. The van der Waals surface area contributed by atoms with Crippen molar-refractivity contribution in [3.05, 3.63) is 77.9 Å². The fourth-order valence-electron chi connectivity index (χ4n) is 10.6. The standard InChI is InChI=1S/C52H77F5O4S/c1-3-4-5-6-7-8-9-10-11-12-13-14-15-16-19-22-25-29-48(59)61-47-33-32-46-49-41(39-42-40-43(58)30-31-44(42)45(49)34-36-50(46,47)2)28-24-21-18-17-20-23-26-37-62(60)38-27-35-51(53,54)52(55,56)57/h4-5,10-11,13-14,16,19,30-31,40-41,45-47,49,58H,3,6-9,12,15,17-18,20-29,32-39H2,1-2H3/b5-4+,11-10+,14-13+,19-16+. The lowest BCUT2D eigenvalue weighted by Crippen LogP contribution is -2.48. The van der Waals surface area contributed by atoms with Crippen LogP contribution in [0.2, 0.25) is 0 Å². The van der Waals surface area contributed by atoms with Crippen LogP contribution in [0.1, 0.15) is 185 Å². The van der Waals surface area contributed by atoms with Crippen molar-refractivity contribution in [2.45, 2.75) is 198 Å². The second kappa shape index (κ2) is 26.9. The SMILES string of the molecule is CC/C=C/CCCC/C=C/C/C=C/C/C=C/CCCC(=O)OC1CCC2C3C(CCCCCCCCCS(=O)CCCC(F)(F)C(F)(F)F)Cc4cc(O)ccc4C3CCC12C. The number of allylic oxidation sites excluding steroid dienone is 8. The first-order valence-electron chi connectivity index (χ1n) is 24.2. The number of unbranched alkanes of at least 4 members (excludes halogenated alkanes) is 10. The molecule has 0 amide bonds. The molecule has 350 valence electrons. The molecule has 0 heterocycles. The summed E-state index contributed by atoms with van der Waals surface area (Å²) in [6.07, 6.45) is 33.6. The van der Waals surface area contributed by atoms with E-state index in [0.29, 0.717) is 48.0 Å². The van der Waals surface area contributed by atoms with Gasteiger partial charge in [-0.2, -0.15) is 22.0 Å². The van der Waals surface area contributed by atoms with Gasteiger partial charge in [0, 0.05) is 40.6 Å². The first kappa shape index (κ1) is 51.9. The Balaban J connectivity index is 1.14. The lowest BCUT2D eigenvalue weighted by molar-refractivity contribution is -0.284. The van der Waals surface area contributed by atoms with Gasteiger partial charge in [0.25, 0.3) is 0 Å². The molecule has 0 bridgehead atoms. The highest BCUT2D eigenvalue weighted by molar-refractivity contribution is 7.84. The largest absolute Gasteiger partial charge is 0.508 e. The molecule has 0 saturated heterocycles. The van der Waals surface area contributed by atoms with Crippen LogP contribution in [0.3, 0.4) is 0 Å². The smallest absolute Gasteiger partial charge is 0.453 e. The maximum absolute atomic E-state index is 13.2. The van der Waals surface area contributed by atoms with E-state index in [4.69, 9.17) is 4.74 Å². The molecular weight excluding hydrogens is 816 g/mol. The van der Waals surface area contributed by atoms with Crippen LogP contribution < -0.4 is 0 Å². The Labute approximate surface area is 373 Å². The van der Waals surface area contributed by atoms with E-state index in [1.807, 2.05) is 12.1 Å². The van der Waals surface area contributed by atoms with Crippen molar-refractivity contribution in [2.24, 2.45) is 23.2 Å². The fourth-order valence-corrected chi connectivity index (χ4v) is 11.8. The van der Waals surface area contributed by atoms with Crippen LogP contribution in [-0.2, 0) is 26.8 Å². The molecule has 3 aliphatic rings. The highest BCUT2D eigenvalue weighted by Gasteiger charge is 2.58. The average Bonchev–Trinajstić information content (AvgIpc) is 3.55. The molecule has 1 N–H and O–H groups in total. The highest BCUT2D eigenvalue weighted by Crippen LogP contribution is 2.63. The number of fused-ring (bicyclic) bond motifs is 5. The van der Waals surface area contributed by atoms with Crippen LogP contribution in [0.4, 0.5) is 22.0 Å². The molecule has 10 heteroatoms. The summed E-state index contributed by atoms with van der Waals surface area (Å²) in [4.78, 5) is 13.2. The minimum Gasteiger partial charge on any atom is -0.508 e. The molecule has 7 unspecified atom stereocenters. The molecular formula is C52H77F5O4S. The molecule has 0 spiro atoms. The van der Waals surface area contributed by atoms with Gasteiger partial charge in [0.1, 0.15) is 11.9 Å². The van der Waals surface area contributed by atoms with Gasteiger partial charge < -0.3 is 9.84 Å². The van der Waals surface area contributed by atoms with Gasteiger partial charge in [-0.1, -0.05) is 107 Å². The van der Waals surface area contributed by atoms with Crippen molar-refractivity contribution in [3.63, 3.8) is 0 Å². The molecule has 4 rings (SSSR count). The zero-order valence-corrected chi connectivity index (χ0v) is 38.6. The van der Waals surface area contributed by atoms with Crippen molar-refractivity contribution >= 4 is 16.8 Å². The molecule has 4 nitrogen and oxygen atoms in total. The zero-order chi connectivity index (χ0) is 44.9. The third-order valence-electron chi connectivity index (χ3n) is 14.0. The summed E-state index contributed by atoms with van der Waals surface area (Å²) in [5.74, 6) is -2.29. The summed E-state index contributed by atoms with van der Waals surface area (Å²) in [5.41, 5.74) is 2.64. The number of halogens is 5. The van der Waals surface area contributed by atoms with Gasteiger partial charge >= 0.3 is 18.1 Å². The second-order valence-electron chi connectivity index (χ2n) is 18.6. The maximum atomic E-state index is 13.2. The first-order chi connectivity index (χ1) is 29.8.